The number of ether oxygens (including phenoxy) is 2. The summed E-state index contributed by atoms with van der Waals surface area (Å²) in [6, 6.07) is 10.9. The molecule has 0 atom stereocenters. The lowest BCUT2D eigenvalue weighted by Gasteiger charge is -2.03. The largest absolute Gasteiger partial charge is 0.464 e. The molecule has 2 rings (SSSR count). The first kappa shape index (κ1) is 14.8. The molecule has 6 heteroatoms. The molecule has 0 aliphatic carbocycles. The molecule has 6 nitrogen and oxygen atoms in total. The third-order valence-electron chi connectivity index (χ3n) is 2.89. The van der Waals surface area contributed by atoms with Crippen LogP contribution in [0.2, 0.25) is 0 Å². The zero-order chi connectivity index (χ0) is 15.2. The minimum atomic E-state index is -0.492. The Kier molecular flexibility index (Phi) is 4.71. The Hall–Kier alpha value is -2.63. The quantitative estimate of drug-likeness (QED) is 0.780. The Labute approximate surface area is 122 Å². The number of aromatic nitrogens is 2. The fourth-order valence-electron chi connectivity index (χ4n) is 1.85. The average molecular weight is 288 g/mol. The van der Waals surface area contributed by atoms with Crippen LogP contribution in [-0.4, -0.2) is 28.8 Å². The number of hydrogen-bond donors (Lipinski definition) is 0. The van der Waals surface area contributed by atoms with E-state index in [1.165, 1.54) is 17.9 Å². The van der Waals surface area contributed by atoms with Gasteiger partial charge in [0, 0.05) is 7.05 Å². The standard InChI is InChI=1S/C15H16N2O4/c1-17-13(15(19)20-2)8-12(16-17)9-14(18)21-10-11-6-4-3-5-7-11/h3-8H,9-10H2,1-2H3. The molecule has 21 heavy (non-hydrogen) atoms. The van der Waals surface area contributed by atoms with E-state index >= 15 is 0 Å². The lowest BCUT2D eigenvalue weighted by molar-refractivity contribution is -0.144. The maximum absolute atomic E-state index is 11.8. The van der Waals surface area contributed by atoms with Gasteiger partial charge in [0.25, 0.3) is 0 Å². The van der Waals surface area contributed by atoms with Gasteiger partial charge in [-0.25, -0.2) is 4.79 Å². The van der Waals surface area contributed by atoms with E-state index in [9.17, 15) is 9.59 Å². The Balaban J connectivity index is 1.92. The third kappa shape index (κ3) is 3.92. The first-order valence-corrected chi connectivity index (χ1v) is 6.41. The van der Waals surface area contributed by atoms with Crippen molar-refractivity contribution in [2.75, 3.05) is 7.11 Å². The van der Waals surface area contributed by atoms with E-state index in [4.69, 9.17) is 4.74 Å². The van der Waals surface area contributed by atoms with E-state index in [-0.39, 0.29) is 13.0 Å². The second-order valence-electron chi connectivity index (χ2n) is 4.46. The molecule has 110 valence electrons. The molecule has 0 unspecified atom stereocenters. The molecule has 0 spiro atoms. The van der Waals surface area contributed by atoms with Gasteiger partial charge in [-0.15, -0.1) is 0 Å². The van der Waals surface area contributed by atoms with Crippen LogP contribution in [0.25, 0.3) is 0 Å². The van der Waals surface area contributed by atoms with Crippen LogP contribution in [0.5, 0.6) is 0 Å². The zero-order valence-electron chi connectivity index (χ0n) is 11.9. The summed E-state index contributed by atoms with van der Waals surface area (Å²) >= 11 is 0. The molecule has 0 saturated carbocycles. The van der Waals surface area contributed by atoms with E-state index in [2.05, 4.69) is 9.84 Å². The monoisotopic (exact) mass is 288 g/mol. The molecule has 1 aromatic carbocycles. The zero-order valence-corrected chi connectivity index (χ0v) is 11.9. The SMILES string of the molecule is COC(=O)c1cc(CC(=O)OCc2ccccc2)nn1C. The van der Waals surface area contributed by atoms with Gasteiger partial charge in [-0.05, 0) is 11.6 Å². The number of methoxy groups -OCH3 is 1. The highest BCUT2D eigenvalue weighted by Gasteiger charge is 2.15. The lowest BCUT2D eigenvalue weighted by atomic mass is 10.2. The molecule has 1 heterocycles. The van der Waals surface area contributed by atoms with E-state index in [1.54, 1.807) is 7.05 Å². The van der Waals surface area contributed by atoms with Crippen LogP contribution < -0.4 is 0 Å². The summed E-state index contributed by atoms with van der Waals surface area (Å²) in [5.41, 5.74) is 1.68. The van der Waals surface area contributed by atoms with E-state index in [0.29, 0.717) is 11.4 Å². The van der Waals surface area contributed by atoms with Gasteiger partial charge < -0.3 is 9.47 Å². The van der Waals surface area contributed by atoms with E-state index in [1.807, 2.05) is 30.3 Å². The summed E-state index contributed by atoms with van der Waals surface area (Å²) in [7, 11) is 2.91. The molecule has 1 aromatic heterocycles. The van der Waals surface area contributed by atoms with Crippen LogP contribution in [0.4, 0.5) is 0 Å². The van der Waals surface area contributed by atoms with Crippen LogP contribution >= 0.6 is 0 Å². The number of hydrogen-bond acceptors (Lipinski definition) is 5. The first-order chi connectivity index (χ1) is 10.1. The fourth-order valence-corrected chi connectivity index (χ4v) is 1.85. The molecule has 0 radical (unpaired) electrons. The van der Waals surface area contributed by atoms with Crippen molar-refractivity contribution >= 4 is 11.9 Å². The van der Waals surface area contributed by atoms with Crippen molar-refractivity contribution in [1.29, 1.82) is 0 Å². The summed E-state index contributed by atoms with van der Waals surface area (Å²) < 4.78 is 11.2. The number of nitrogens with zero attached hydrogens (tertiary/aromatic N) is 2. The Bertz CT molecular complexity index is 634. The molecular formula is C15H16N2O4. The second kappa shape index (κ2) is 6.69. The topological polar surface area (TPSA) is 70.4 Å². The first-order valence-electron chi connectivity index (χ1n) is 6.41. The molecule has 0 fully saturated rings. The maximum Gasteiger partial charge on any atom is 0.356 e. The summed E-state index contributed by atoms with van der Waals surface area (Å²) in [6.45, 7) is 0.219. The van der Waals surface area contributed by atoms with Crippen molar-refractivity contribution in [3.8, 4) is 0 Å². The molecular weight excluding hydrogens is 272 g/mol. The van der Waals surface area contributed by atoms with Gasteiger partial charge in [0.1, 0.15) is 12.3 Å². The summed E-state index contributed by atoms with van der Waals surface area (Å²) in [6.07, 6.45) is 0.0116. The Morgan fingerprint density at radius 1 is 1.24 bits per heavy atom. The van der Waals surface area contributed by atoms with Crippen molar-refractivity contribution in [3.63, 3.8) is 0 Å². The summed E-state index contributed by atoms with van der Waals surface area (Å²) in [4.78, 5) is 23.2. The number of carbonyl (C=O) groups excluding carboxylic acids is 2. The molecule has 0 amide bonds. The Morgan fingerprint density at radius 2 is 1.95 bits per heavy atom. The van der Waals surface area contributed by atoms with Crippen molar-refractivity contribution in [2.45, 2.75) is 13.0 Å². The molecule has 2 aromatic rings. The van der Waals surface area contributed by atoms with Crippen LogP contribution in [-0.2, 0) is 34.3 Å². The van der Waals surface area contributed by atoms with Crippen molar-refractivity contribution < 1.29 is 19.1 Å². The molecule has 0 bridgehead atoms. The van der Waals surface area contributed by atoms with Gasteiger partial charge in [-0.2, -0.15) is 5.10 Å². The minimum Gasteiger partial charge on any atom is -0.464 e. The van der Waals surface area contributed by atoms with Gasteiger partial charge in [-0.1, -0.05) is 30.3 Å². The van der Waals surface area contributed by atoms with Crippen LogP contribution in [0, 0.1) is 0 Å². The summed E-state index contributed by atoms with van der Waals surface area (Å²) in [5, 5.41) is 4.09. The van der Waals surface area contributed by atoms with Gasteiger partial charge in [0.2, 0.25) is 0 Å². The minimum absolute atomic E-state index is 0.0116. The average Bonchev–Trinajstić information content (AvgIpc) is 2.86. The summed E-state index contributed by atoms with van der Waals surface area (Å²) in [5.74, 6) is -0.887. The second-order valence-corrected chi connectivity index (χ2v) is 4.46. The third-order valence-corrected chi connectivity index (χ3v) is 2.89. The van der Waals surface area contributed by atoms with Gasteiger partial charge >= 0.3 is 11.9 Å². The molecule has 0 aliphatic rings. The molecule has 0 N–H and O–H groups in total. The van der Waals surface area contributed by atoms with Gasteiger partial charge in [0.15, 0.2) is 0 Å². The highest BCUT2D eigenvalue weighted by Crippen LogP contribution is 2.07. The van der Waals surface area contributed by atoms with Crippen LogP contribution in [0.3, 0.4) is 0 Å². The Morgan fingerprint density at radius 3 is 2.62 bits per heavy atom. The van der Waals surface area contributed by atoms with Crippen molar-refractivity contribution in [1.82, 2.24) is 9.78 Å². The number of rotatable bonds is 5. The van der Waals surface area contributed by atoms with Gasteiger partial charge in [-0.3, -0.25) is 9.48 Å². The maximum atomic E-state index is 11.8. The van der Waals surface area contributed by atoms with Crippen LogP contribution in [0.1, 0.15) is 21.7 Å². The van der Waals surface area contributed by atoms with Crippen LogP contribution in [0.15, 0.2) is 36.4 Å². The number of aryl methyl sites for hydroxylation is 1. The predicted molar refractivity (Wildman–Crippen MR) is 74.5 cm³/mol. The highest BCUT2D eigenvalue weighted by atomic mass is 16.5. The normalized spacial score (nSPS) is 10.2. The lowest BCUT2D eigenvalue weighted by Crippen LogP contribution is -2.09. The smallest absolute Gasteiger partial charge is 0.356 e. The fraction of sp³-hybridized carbons (Fsp3) is 0.267. The highest BCUT2D eigenvalue weighted by molar-refractivity contribution is 5.87. The predicted octanol–water partition coefficient (Wildman–Crippen LogP) is 1.49. The van der Waals surface area contributed by atoms with Crippen molar-refractivity contribution in [3.05, 3.63) is 53.3 Å². The number of benzene rings is 1. The number of esters is 2. The molecule has 0 saturated heterocycles. The van der Waals surface area contributed by atoms with E-state index in [0.717, 1.165) is 5.56 Å². The van der Waals surface area contributed by atoms with Gasteiger partial charge in [0.05, 0.1) is 19.2 Å². The number of carbonyl (C=O) groups is 2. The van der Waals surface area contributed by atoms with Crippen molar-refractivity contribution in [2.24, 2.45) is 7.05 Å². The van der Waals surface area contributed by atoms with E-state index < -0.39 is 11.9 Å². The molecule has 0 aliphatic heterocycles.